The molecule has 3 rings (SSSR count). The van der Waals surface area contributed by atoms with Crippen LogP contribution in [0, 0.1) is 0 Å². The Morgan fingerprint density at radius 2 is 1.83 bits per heavy atom. The summed E-state index contributed by atoms with van der Waals surface area (Å²) in [6.07, 6.45) is 0. The first-order chi connectivity index (χ1) is 11.0. The summed E-state index contributed by atoms with van der Waals surface area (Å²) in [4.78, 5) is 12.3. The number of fused-ring (bicyclic) bond motifs is 1. The Labute approximate surface area is 130 Å². The van der Waals surface area contributed by atoms with E-state index in [1.807, 2.05) is 0 Å². The Morgan fingerprint density at radius 1 is 1.13 bits per heavy atom. The van der Waals surface area contributed by atoms with Crippen LogP contribution in [0.4, 0.5) is 0 Å². The van der Waals surface area contributed by atoms with E-state index in [4.69, 9.17) is 14.3 Å². The lowest BCUT2D eigenvalue weighted by atomic mass is 10.1. The molecule has 1 aromatic heterocycles. The fourth-order valence-electron chi connectivity index (χ4n) is 2.38. The highest BCUT2D eigenvalue weighted by atomic mass is 16.5. The Morgan fingerprint density at radius 3 is 2.43 bits per heavy atom. The first-order valence-corrected chi connectivity index (χ1v) is 6.82. The maximum atomic E-state index is 12.3. The second-order valence-electron chi connectivity index (χ2n) is 4.96. The van der Waals surface area contributed by atoms with Gasteiger partial charge in [-0.1, -0.05) is 0 Å². The van der Waals surface area contributed by atoms with Crippen LogP contribution < -0.4 is 10.2 Å². The molecule has 6 heteroatoms. The van der Waals surface area contributed by atoms with Crippen molar-refractivity contribution in [3.05, 3.63) is 52.2 Å². The van der Waals surface area contributed by atoms with Crippen LogP contribution in [-0.4, -0.2) is 22.4 Å². The van der Waals surface area contributed by atoms with Crippen molar-refractivity contribution in [2.24, 2.45) is 0 Å². The molecule has 0 saturated heterocycles. The Balaban J connectivity index is 2.23. The lowest BCUT2D eigenvalue weighted by Crippen LogP contribution is -2.02. The van der Waals surface area contributed by atoms with Crippen molar-refractivity contribution in [2.45, 2.75) is 6.61 Å². The highest BCUT2D eigenvalue weighted by Gasteiger charge is 2.17. The van der Waals surface area contributed by atoms with Crippen molar-refractivity contribution in [3.8, 4) is 28.6 Å². The molecule has 3 N–H and O–H groups in total. The van der Waals surface area contributed by atoms with Crippen LogP contribution in [0.3, 0.4) is 0 Å². The summed E-state index contributed by atoms with van der Waals surface area (Å²) < 4.78 is 10.7. The number of rotatable bonds is 3. The van der Waals surface area contributed by atoms with Crippen LogP contribution in [0.2, 0.25) is 0 Å². The Kier molecular flexibility index (Phi) is 3.67. The van der Waals surface area contributed by atoms with Gasteiger partial charge in [-0.25, -0.2) is 0 Å². The molecule has 23 heavy (non-hydrogen) atoms. The number of ether oxygens (including phenoxy) is 1. The number of methoxy groups -OCH3 is 1. The summed E-state index contributed by atoms with van der Waals surface area (Å²) in [6.45, 7) is -0.590. The molecule has 3 aromatic rings. The van der Waals surface area contributed by atoms with Crippen molar-refractivity contribution < 1.29 is 24.5 Å². The standard InChI is InChI=1S/C17H14O6/c1-22-10-4-2-9(3-5-10)14-7-13(20)16-15(23-14)6-12(19)11(8-18)17(16)21/h2-7,18-19,21H,8H2,1H3. The maximum Gasteiger partial charge on any atom is 0.197 e. The van der Waals surface area contributed by atoms with E-state index in [9.17, 15) is 15.0 Å². The largest absolute Gasteiger partial charge is 0.507 e. The Bertz CT molecular complexity index is 924. The Hall–Kier alpha value is -2.99. The van der Waals surface area contributed by atoms with Crippen LogP contribution in [0.15, 0.2) is 45.6 Å². The van der Waals surface area contributed by atoms with Crippen LogP contribution in [0.5, 0.6) is 17.2 Å². The molecule has 1 heterocycles. The normalized spacial score (nSPS) is 10.9. The predicted octanol–water partition coefficient (Wildman–Crippen LogP) is 2.37. The third-order valence-corrected chi connectivity index (χ3v) is 3.61. The van der Waals surface area contributed by atoms with Gasteiger partial charge in [0.05, 0.1) is 19.3 Å². The first kappa shape index (κ1) is 14.9. The number of hydrogen-bond donors (Lipinski definition) is 3. The highest BCUT2D eigenvalue weighted by molar-refractivity contribution is 5.87. The summed E-state index contributed by atoms with van der Waals surface area (Å²) in [6, 6.07) is 9.36. The molecule has 0 unspecified atom stereocenters. The molecule has 0 radical (unpaired) electrons. The summed E-state index contributed by atoms with van der Waals surface area (Å²) >= 11 is 0. The molecule has 0 aliphatic carbocycles. The molecule has 0 amide bonds. The van der Waals surface area contributed by atoms with Crippen molar-refractivity contribution in [1.82, 2.24) is 0 Å². The number of benzene rings is 2. The van der Waals surface area contributed by atoms with Crippen LogP contribution in [0.1, 0.15) is 5.56 Å². The van der Waals surface area contributed by atoms with E-state index in [1.165, 1.54) is 12.1 Å². The van der Waals surface area contributed by atoms with E-state index < -0.39 is 17.8 Å². The number of hydrogen-bond acceptors (Lipinski definition) is 6. The average Bonchev–Trinajstić information content (AvgIpc) is 2.54. The predicted molar refractivity (Wildman–Crippen MR) is 83.7 cm³/mol. The fraction of sp³-hybridized carbons (Fsp3) is 0.118. The van der Waals surface area contributed by atoms with Crippen molar-refractivity contribution in [2.75, 3.05) is 7.11 Å². The quantitative estimate of drug-likeness (QED) is 0.686. The van der Waals surface area contributed by atoms with E-state index in [-0.39, 0.29) is 22.3 Å². The third-order valence-electron chi connectivity index (χ3n) is 3.61. The molecule has 0 fully saturated rings. The summed E-state index contributed by atoms with van der Waals surface area (Å²) in [5, 5.41) is 28.9. The van der Waals surface area contributed by atoms with Gasteiger partial charge in [-0.15, -0.1) is 0 Å². The molecule has 2 aromatic carbocycles. The zero-order valence-electron chi connectivity index (χ0n) is 12.2. The third kappa shape index (κ3) is 2.49. The van der Waals surface area contributed by atoms with Crippen molar-refractivity contribution in [3.63, 3.8) is 0 Å². The number of phenols is 2. The maximum absolute atomic E-state index is 12.3. The number of aliphatic hydroxyl groups excluding tert-OH is 1. The van der Waals surface area contributed by atoms with E-state index in [2.05, 4.69) is 0 Å². The minimum absolute atomic E-state index is 0.0375. The van der Waals surface area contributed by atoms with E-state index >= 15 is 0 Å². The topological polar surface area (TPSA) is 100 Å². The molecule has 0 aliphatic heterocycles. The first-order valence-electron chi connectivity index (χ1n) is 6.82. The molecule has 0 saturated carbocycles. The minimum Gasteiger partial charge on any atom is -0.507 e. The molecule has 0 aliphatic rings. The van der Waals surface area contributed by atoms with Gasteiger partial charge in [0.15, 0.2) is 5.43 Å². The summed E-state index contributed by atoms with van der Waals surface area (Å²) in [5.41, 5.74) is 0.108. The van der Waals surface area contributed by atoms with Gasteiger partial charge in [0, 0.05) is 17.7 Å². The van der Waals surface area contributed by atoms with E-state index in [0.717, 1.165) is 0 Å². The zero-order chi connectivity index (χ0) is 16.6. The van der Waals surface area contributed by atoms with E-state index in [1.54, 1.807) is 31.4 Å². The van der Waals surface area contributed by atoms with Crippen LogP contribution >= 0.6 is 0 Å². The minimum atomic E-state index is -0.590. The average molecular weight is 314 g/mol. The van der Waals surface area contributed by atoms with Crippen molar-refractivity contribution in [1.29, 1.82) is 0 Å². The highest BCUT2D eigenvalue weighted by Crippen LogP contribution is 2.35. The smallest absolute Gasteiger partial charge is 0.197 e. The van der Waals surface area contributed by atoms with Gasteiger partial charge in [-0.2, -0.15) is 0 Å². The molecule has 0 atom stereocenters. The second kappa shape index (κ2) is 5.66. The molecule has 0 bridgehead atoms. The van der Waals surface area contributed by atoms with Gasteiger partial charge in [0.2, 0.25) is 0 Å². The van der Waals surface area contributed by atoms with Gasteiger partial charge >= 0.3 is 0 Å². The molecule has 6 nitrogen and oxygen atoms in total. The second-order valence-corrected chi connectivity index (χ2v) is 4.96. The van der Waals surface area contributed by atoms with Gasteiger partial charge in [0.1, 0.15) is 34.0 Å². The van der Waals surface area contributed by atoms with Crippen LogP contribution in [0.25, 0.3) is 22.3 Å². The SMILES string of the molecule is COc1ccc(-c2cc(=O)c3c(O)c(CO)c(O)cc3o2)cc1. The number of aromatic hydroxyl groups is 2. The van der Waals surface area contributed by atoms with E-state index in [0.29, 0.717) is 17.1 Å². The van der Waals surface area contributed by atoms with Crippen molar-refractivity contribution >= 4 is 11.0 Å². The monoisotopic (exact) mass is 314 g/mol. The molecular formula is C17H14O6. The van der Waals surface area contributed by atoms with Gasteiger partial charge in [-0.3, -0.25) is 4.79 Å². The van der Waals surface area contributed by atoms with Gasteiger partial charge < -0.3 is 24.5 Å². The molecule has 0 spiro atoms. The lowest BCUT2D eigenvalue weighted by Gasteiger charge is -2.09. The zero-order valence-corrected chi connectivity index (χ0v) is 12.2. The number of aliphatic hydroxyl groups is 1. The summed E-state index contributed by atoms with van der Waals surface area (Å²) in [7, 11) is 1.55. The lowest BCUT2D eigenvalue weighted by molar-refractivity contribution is 0.269. The fourth-order valence-corrected chi connectivity index (χ4v) is 2.38. The molecular weight excluding hydrogens is 300 g/mol. The summed E-state index contributed by atoms with van der Waals surface area (Å²) in [5.74, 6) is 0.144. The molecule has 118 valence electrons. The van der Waals surface area contributed by atoms with Gasteiger partial charge in [0.25, 0.3) is 0 Å². The van der Waals surface area contributed by atoms with Crippen LogP contribution in [-0.2, 0) is 6.61 Å². The van der Waals surface area contributed by atoms with Gasteiger partial charge in [-0.05, 0) is 24.3 Å².